The molecule has 0 aromatic heterocycles. The van der Waals surface area contributed by atoms with E-state index in [1.54, 1.807) is 0 Å². The van der Waals surface area contributed by atoms with Gasteiger partial charge in [-0.15, -0.1) is 0 Å². The molecule has 0 saturated heterocycles. The Hall–Kier alpha value is -1.62. The summed E-state index contributed by atoms with van der Waals surface area (Å²) in [7, 11) is 0. The molecule has 5 nitrogen and oxygen atoms in total. The molecule has 0 bridgehead atoms. The number of aliphatic hydroxyl groups is 1. The van der Waals surface area contributed by atoms with Gasteiger partial charge in [-0.2, -0.15) is 0 Å². The van der Waals surface area contributed by atoms with Crippen LogP contribution in [0.1, 0.15) is 194 Å². The first-order chi connectivity index (χ1) is 21.6. The van der Waals surface area contributed by atoms with Gasteiger partial charge in [0.25, 0.3) is 0 Å². The first-order valence-electron chi connectivity index (χ1n) is 18.9. The van der Waals surface area contributed by atoms with Crippen molar-refractivity contribution in [3.63, 3.8) is 0 Å². The maximum absolute atomic E-state index is 12.1. The Kier molecular flexibility index (Phi) is 34.5. The van der Waals surface area contributed by atoms with Gasteiger partial charge in [-0.25, -0.2) is 0 Å². The molecule has 0 aromatic rings. The fourth-order valence-corrected chi connectivity index (χ4v) is 5.31. The number of rotatable bonds is 34. The summed E-state index contributed by atoms with van der Waals surface area (Å²) >= 11 is 0. The molecule has 0 fully saturated rings. The highest BCUT2D eigenvalue weighted by Crippen LogP contribution is 2.12. The Bertz CT molecular complexity index is 671. The van der Waals surface area contributed by atoms with Gasteiger partial charge in [0.05, 0.1) is 6.61 Å². The summed E-state index contributed by atoms with van der Waals surface area (Å²) in [6.07, 6.45) is 40.9. The molecule has 44 heavy (non-hydrogen) atoms. The number of allylic oxidation sites excluding steroid dienone is 4. The predicted molar refractivity (Wildman–Crippen MR) is 187 cm³/mol. The average Bonchev–Trinajstić information content (AvgIpc) is 3.02. The van der Waals surface area contributed by atoms with Gasteiger partial charge >= 0.3 is 11.9 Å². The molecular weight excluding hydrogens is 551 g/mol. The minimum atomic E-state index is -0.774. The summed E-state index contributed by atoms with van der Waals surface area (Å²) in [4.78, 5) is 24.2. The van der Waals surface area contributed by atoms with Gasteiger partial charge in [-0.1, -0.05) is 141 Å². The summed E-state index contributed by atoms with van der Waals surface area (Å²) < 4.78 is 10.6. The largest absolute Gasteiger partial charge is 0.462 e. The van der Waals surface area contributed by atoms with Crippen LogP contribution in [-0.4, -0.2) is 36.4 Å². The zero-order valence-electron chi connectivity index (χ0n) is 29.2. The van der Waals surface area contributed by atoms with Crippen LogP contribution in [0, 0.1) is 0 Å². The second-order valence-corrected chi connectivity index (χ2v) is 12.6. The van der Waals surface area contributed by atoms with E-state index < -0.39 is 6.10 Å². The Balaban J connectivity index is 3.58. The first-order valence-corrected chi connectivity index (χ1v) is 18.9. The molecule has 0 radical (unpaired) electrons. The molecule has 1 atom stereocenters. The zero-order valence-corrected chi connectivity index (χ0v) is 29.2. The zero-order chi connectivity index (χ0) is 32.2. The number of hydrogen-bond donors (Lipinski definition) is 1. The van der Waals surface area contributed by atoms with Crippen molar-refractivity contribution in [2.24, 2.45) is 0 Å². The molecule has 0 spiro atoms. The van der Waals surface area contributed by atoms with E-state index in [1.807, 2.05) is 0 Å². The average molecular weight is 624 g/mol. The summed E-state index contributed by atoms with van der Waals surface area (Å²) in [5, 5.41) is 9.53. The summed E-state index contributed by atoms with van der Waals surface area (Å²) in [5.41, 5.74) is 0. The van der Waals surface area contributed by atoms with Crippen LogP contribution < -0.4 is 0 Å². The van der Waals surface area contributed by atoms with Gasteiger partial charge in [0.15, 0.2) is 6.10 Å². The highest BCUT2D eigenvalue weighted by atomic mass is 16.7. The summed E-state index contributed by atoms with van der Waals surface area (Å²) in [5.74, 6) is -0.607. The van der Waals surface area contributed by atoms with Gasteiger partial charge in [-0.05, 0) is 64.2 Å². The van der Waals surface area contributed by atoms with E-state index in [0.717, 1.165) is 51.4 Å². The number of carbonyl (C=O) groups excluding carboxylic acids is 2. The lowest BCUT2D eigenvalue weighted by Crippen LogP contribution is -2.28. The van der Waals surface area contributed by atoms with E-state index in [2.05, 4.69) is 38.2 Å². The molecule has 0 amide bonds. The lowest BCUT2D eigenvalue weighted by atomic mass is 10.1. The molecule has 0 heterocycles. The second kappa shape index (κ2) is 35.9. The van der Waals surface area contributed by atoms with E-state index in [0.29, 0.717) is 12.8 Å². The number of hydrogen-bond acceptors (Lipinski definition) is 5. The van der Waals surface area contributed by atoms with Crippen molar-refractivity contribution in [1.29, 1.82) is 0 Å². The third-order valence-corrected chi connectivity index (χ3v) is 8.22. The molecule has 0 aromatic carbocycles. The minimum absolute atomic E-state index is 0.0709. The Morgan fingerprint density at radius 3 is 1.23 bits per heavy atom. The maximum atomic E-state index is 12.1. The van der Waals surface area contributed by atoms with Crippen LogP contribution in [0.5, 0.6) is 0 Å². The third kappa shape index (κ3) is 33.3. The number of esters is 2. The quantitative estimate of drug-likeness (QED) is 0.0334. The first kappa shape index (κ1) is 42.4. The molecule has 1 unspecified atom stereocenters. The van der Waals surface area contributed by atoms with Crippen molar-refractivity contribution >= 4 is 11.9 Å². The molecule has 1 N–H and O–H groups in total. The highest BCUT2D eigenvalue weighted by molar-refractivity contribution is 5.70. The number of unbranched alkanes of at least 4 members (excludes halogenated alkanes) is 22. The van der Waals surface area contributed by atoms with Gasteiger partial charge in [-0.3, -0.25) is 9.59 Å². The van der Waals surface area contributed by atoms with Crippen LogP contribution in [0.3, 0.4) is 0 Å². The lowest BCUT2D eigenvalue weighted by Gasteiger charge is -2.15. The molecule has 0 saturated carbocycles. The van der Waals surface area contributed by atoms with Gasteiger partial charge in [0, 0.05) is 12.8 Å². The number of aliphatic hydroxyl groups excluding tert-OH is 1. The van der Waals surface area contributed by atoms with Crippen molar-refractivity contribution in [2.45, 2.75) is 200 Å². The van der Waals surface area contributed by atoms with Gasteiger partial charge in [0.1, 0.15) is 6.61 Å². The fraction of sp³-hybridized carbons (Fsp3) is 0.846. The SMILES string of the molecule is CCCCCCCC/C=C/CCCCCCCC(=O)O[13CH2][13CH]([13CH2]O)OC(=O)CCCCCCC/C=C/CCCCCCCC. The third-order valence-electron chi connectivity index (χ3n) is 8.22. The van der Waals surface area contributed by atoms with Gasteiger partial charge in [0.2, 0.25) is 0 Å². The molecule has 0 aliphatic heterocycles. The van der Waals surface area contributed by atoms with Crippen molar-refractivity contribution in [2.75, 3.05) is 13.2 Å². The summed E-state index contributed by atoms with van der Waals surface area (Å²) in [6, 6.07) is 0. The van der Waals surface area contributed by atoms with E-state index in [4.69, 9.17) is 9.47 Å². The van der Waals surface area contributed by atoms with E-state index >= 15 is 0 Å². The molecule has 0 aliphatic carbocycles. The van der Waals surface area contributed by atoms with E-state index in [-0.39, 0.29) is 25.2 Å². The normalized spacial score (nSPS) is 12.3. The van der Waals surface area contributed by atoms with Crippen LogP contribution in [0.4, 0.5) is 0 Å². The van der Waals surface area contributed by atoms with Crippen molar-refractivity contribution < 1.29 is 24.2 Å². The highest BCUT2D eigenvalue weighted by Gasteiger charge is 2.16. The molecule has 5 heteroatoms. The van der Waals surface area contributed by atoms with Crippen molar-refractivity contribution in [1.82, 2.24) is 0 Å². The maximum Gasteiger partial charge on any atom is 0.306 e. The van der Waals surface area contributed by atoms with E-state index in [9.17, 15) is 14.7 Å². The topological polar surface area (TPSA) is 72.8 Å². The van der Waals surface area contributed by atoms with E-state index in [1.165, 1.54) is 116 Å². The Labute approximate surface area is 273 Å². The van der Waals surface area contributed by atoms with Crippen LogP contribution in [0.15, 0.2) is 24.3 Å². The van der Waals surface area contributed by atoms with Crippen LogP contribution >= 0.6 is 0 Å². The Morgan fingerprint density at radius 2 is 0.841 bits per heavy atom. The lowest BCUT2D eigenvalue weighted by molar-refractivity contribution is -0.161. The van der Waals surface area contributed by atoms with Gasteiger partial charge < -0.3 is 14.6 Å². The van der Waals surface area contributed by atoms with Crippen LogP contribution in [-0.2, 0) is 19.1 Å². The predicted octanol–water partition coefficient (Wildman–Crippen LogP) is 11.5. The minimum Gasteiger partial charge on any atom is -0.462 e. The van der Waals surface area contributed by atoms with Crippen LogP contribution in [0.2, 0.25) is 0 Å². The summed E-state index contributed by atoms with van der Waals surface area (Å²) in [6.45, 7) is 4.11. The smallest absolute Gasteiger partial charge is 0.306 e. The molecular formula is C39H72O5. The number of ether oxygens (including phenoxy) is 2. The van der Waals surface area contributed by atoms with Crippen LogP contribution in [0.25, 0.3) is 0 Å². The fourth-order valence-electron chi connectivity index (χ4n) is 5.31. The second-order valence-electron chi connectivity index (χ2n) is 12.6. The number of carbonyl (C=O) groups is 2. The molecule has 258 valence electrons. The Morgan fingerprint density at radius 1 is 0.500 bits per heavy atom. The molecule has 0 aliphatic rings. The van der Waals surface area contributed by atoms with Crippen molar-refractivity contribution in [3.05, 3.63) is 24.3 Å². The van der Waals surface area contributed by atoms with Crippen molar-refractivity contribution in [3.8, 4) is 0 Å². The molecule has 0 rings (SSSR count). The monoisotopic (exact) mass is 624 g/mol. The standard InChI is InChI=1S/C39H72O5/c1-3-5-7-9-11-13-15-17-19-21-23-25-27-29-31-33-38(41)43-36-37(35-40)44-39(42)34-32-30-28-26-24-22-20-18-16-14-12-10-8-6-4-2/h17-20,37,40H,3-16,21-36H2,1-2H3/b19-17+,20-18+/i35+1,36+1,37+1.